The van der Waals surface area contributed by atoms with E-state index in [0.29, 0.717) is 11.1 Å². The number of hydrogen-bond acceptors (Lipinski definition) is 6. The molecule has 6 rings (SSSR count). The molecule has 166 valence electrons. The molecule has 0 amide bonds. The Morgan fingerprint density at radius 2 is 1.88 bits per heavy atom. The van der Waals surface area contributed by atoms with Crippen LogP contribution in [0.2, 0.25) is 5.02 Å². The van der Waals surface area contributed by atoms with Gasteiger partial charge >= 0.3 is 0 Å². The molecule has 0 N–H and O–H groups in total. The van der Waals surface area contributed by atoms with Gasteiger partial charge in [0.15, 0.2) is 11.5 Å². The van der Waals surface area contributed by atoms with Gasteiger partial charge in [-0.25, -0.2) is 9.38 Å². The smallest absolute Gasteiger partial charge is 0.213 e. The summed E-state index contributed by atoms with van der Waals surface area (Å²) in [4.78, 5) is 10.0. The number of piperazine rings is 1. The van der Waals surface area contributed by atoms with E-state index >= 15 is 0 Å². The fourth-order valence-electron chi connectivity index (χ4n) is 4.59. The fourth-order valence-corrected chi connectivity index (χ4v) is 5.38. The van der Waals surface area contributed by atoms with E-state index < -0.39 is 0 Å². The zero-order valence-corrected chi connectivity index (χ0v) is 19.8. The number of thiophene rings is 1. The van der Waals surface area contributed by atoms with Crippen LogP contribution in [-0.2, 0) is 6.54 Å². The van der Waals surface area contributed by atoms with Gasteiger partial charge in [-0.1, -0.05) is 23.7 Å². The molecular weight excluding hydrogens is 452 g/mol. The largest absolute Gasteiger partial charge is 0.339 e. The summed E-state index contributed by atoms with van der Waals surface area (Å²) >= 11 is 7.89. The van der Waals surface area contributed by atoms with Gasteiger partial charge < -0.3 is 4.90 Å². The zero-order chi connectivity index (χ0) is 22.4. The van der Waals surface area contributed by atoms with Crippen LogP contribution < -0.4 is 4.90 Å². The van der Waals surface area contributed by atoms with Crippen LogP contribution in [0.5, 0.6) is 0 Å². The topological polar surface area (TPSA) is 49.6 Å². The van der Waals surface area contributed by atoms with E-state index in [0.717, 1.165) is 60.1 Å². The molecule has 0 aliphatic carbocycles. The number of nitrogens with zero attached hydrogens (tertiary/aromatic N) is 6. The van der Waals surface area contributed by atoms with E-state index in [1.165, 1.54) is 5.56 Å². The second kappa shape index (κ2) is 8.41. The van der Waals surface area contributed by atoms with Crippen LogP contribution in [0.4, 0.5) is 5.95 Å². The van der Waals surface area contributed by atoms with Crippen molar-refractivity contribution >= 4 is 45.4 Å². The Labute approximate surface area is 201 Å². The molecule has 1 atom stereocenters. The van der Waals surface area contributed by atoms with Crippen LogP contribution in [0.15, 0.2) is 65.4 Å². The minimum absolute atomic E-state index is 0.400. The highest BCUT2D eigenvalue weighted by Crippen LogP contribution is 2.30. The third-order valence-electron chi connectivity index (χ3n) is 6.34. The standard InChI is InChI=1S/C25H23ClN6S/c1-17-14-31(12-11-30(17)15-18-10-13-33-16-18)25-27-22-5-3-2-4-21(22)24-29-28-23(32(24)25)19-6-8-20(26)9-7-19/h2-10,13,16-17H,11-12,14-15H2,1H3/t17-/m0/s1. The van der Waals surface area contributed by atoms with E-state index in [4.69, 9.17) is 16.6 Å². The number of rotatable bonds is 4. The summed E-state index contributed by atoms with van der Waals surface area (Å²) in [6, 6.07) is 18.5. The normalized spacial score (nSPS) is 17.3. The van der Waals surface area contributed by atoms with Crippen molar-refractivity contribution in [1.29, 1.82) is 0 Å². The first kappa shape index (κ1) is 20.6. The maximum absolute atomic E-state index is 6.14. The number of benzene rings is 2. The Balaban J connectivity index is 1.43. The second-order valence-electron chi connectivity index (χ2n) is 8.52. The summed E-state index contributed by atoms with van der Waals surface area (Å²) in [7, 11) is 0. The average molecular weight is 475 g/mol. The summed E-state index contributed by atoms with van der Waals surface area (Å²) in [6.07, 6.45) is 0. The second-order valence-corrected chi connectivity index (χ2v) is 9.73. The van der Waals surface area contributed by atoms with Crippen LogP contribution in [0.3, 0.4) is 0 Å². The molecule has 6 nitrogen and oxygen atoms in total. The molecule has 0 unspecified atom stereocenters. The van der Waals surface area contributed by atoms with Crippen molar-refractivity contribution in [3.05, 3.63) is 75.9 Å². The minimum Gasteiger partial charge on any atom is -0.339 e. The molecule has 3 aromatic heterocycles. The first-order valence-electron chi connectivity index (χ1n) is 11.1. The van der Waals surface area contributed by atoms with Gasteiger partial charge in [-0.15, -0.1) is 10.2 Å². The number of para-hydroxylation sites is 1. The lowest BCUT2D eigenvalue weighted by atomic mass is 10.1. The summed E-state index contributed by atoms with van der Waals surface area (Å²) in [5, 5.41) is 15.3. The van der Waals surface area contributed by atoms with Crippen molar-refractivity contribution in [2.24, 2.45) is 0 Å². The molecule has 0 saturated carbocycles. The van der Waals surface area contributed by atoms with Gasteiger partial charge in [0.25, 0.3) is 0 Å². The highest BCUT2D eigenvalue weighted by atomic mass is 35.5. The Morgan fingerprint density at radius 1 is 1.03 bits per heavy atom. The summed E-state index contributed by atoms with van der Waals surface area (Å²) in [5.74, 6) is 1.67. The van der Waals surface area contributed by atoms with Gasteiger partial charge in [-0.05, 0) is 65.7 Å². The van der Waals surface area contributed by atoms with Crippen LogP contribution in [0.1, 0.15) is 12.5 Å². The molecule has 1 saturated heterocycles. The first-order valence-corrected chi connectivity index (χ1v) is 12.4. The minimum atomic E-state index is 0.400. The van der Waals surface area contributed by atoms with Crippen molar-refractivity contribution in [2.45, 2.75) is 19.5 Å². The van der Waals surface area contributed by atoms with E-state index in [1.54, 1.807) is 11.3 Å². The lowest BCUT2D eigenvalue weighted by Crippen LogP contribution is -2.52. The highest BCUT2D eigenvalue weighted by Gasteiger charge is 2.28. The van der Waals surface area contributed by atoms with E-state index in [2.05, 4.69) is 54.2 Å². The maximum Gasteiger partial charge on any atom is 0.213 e. The van der Waals surface area contributed by atoms with Crippen molar-refractivity contribution in [2.75, 3.05) is 24.5 Å². The van der Waals surface area contributed by atoms with Gasteiger partial charge in [-0.3, -0.25) is 4.90 Å². The zero-order valence-electron chi connectivity index (χ0n) is 18.2. The van der Waals surface area contributed by atoms with Gasteiger partial charge in [0.1, 0.15) is 0 Å². The van der Waals surface area contributed by atoms with Gasteiger partial charge in [-0.2, -0.15) is 11.3 Å². The van der Waals surface area contributed by atoms with Crippen molar-refractivity contribution in [3.8, 4) is 11.4 Å². The summed E-state index contributed by atoms with van der Waals surface area (Å²) < 4.78 is 2.10. The lowest BCUT2D eigenvalue weighted by molar-refractivity contribution is 0.180. The van der Waals surface area contributed by atoms with E-state index in [9.17, 15) is 0 Å². The molecule has 8 heteroatoms. The first-order chi connectivity index (χ1) is 16.2. The van der Waals surface area contributed by atoms with Crippen LogP contribution in [-0.4, -0.2) is 50.2 Å². The summed E-state index contributed by atoms with van der Waals surface area (Å²) in [6.45, 7) is 6.05. The monoisotopic (exact) mass is 474 g/mol. The van der Waals surface area contributed by atoms with Crippen molar-refractivity contribution in [3.63, 3.8) is 0 Å². The van der Waals surface area contributed by atoms with E-state index in [-0.39, 0.29) is 0 Å². The molecule has 0 bridgehead atoms. The molecule has 2 aromatic carbocycles. The number of anilines is 1. The van der Waals surface area contributed by atoms with Crippen molar-refractivity contribution < 1.29 is 0 Å². The predicted molar refractivity (Wildman–Crippen MR) is 135 cm³/mol. The molecule has 0 spiro atoms. The van der Waals surface area contributed by atoms with Crippen LogP contribution >= 0.6 is 22.9 Å². The molecule has 33 heavy (non-hydrogen) atoms. The Bertz CT molecular complexity index is 1410. The van der Waals surface area contributed by atoms with Gasteiger partial charge in [0.2, 0.25) is 5.95 Å². The third-order valence-corrected chi connectivity index (χ3v) is 7.33. The SMILES string of the molecule is C[C@H]1CN(c2nc3ccccc3c3nnc(-c4ccc(Cl)cc4)n23)CCN1Cc1ccsc1. The summed E-state index contributed by atoms with van der Waals surface area (Å²) in [5.41, 5.74) is 4.11. The van der Waals surface area contributed by atoms with Crippen molar-refractivity contribution in [1.82, 2.24) is 24.5 Å². The Hall–Kier alpha value is -3.00. The van der Waals surface area contributed by atoms with Crippen LogP contribution in [0, 0.1) is 0 Å². The van der Waals surface area contributed by atoms with Crippen LogP contribution in [0.25, 0.3) is 27.9 Å². The maximum atomic E-state index is 6.14. The molecule has 4 heterocycles. The molecule has 1 fully saturated rings. The van der Waals surface area contributed by atoms with E-state index in [1.807, 2.05) is 42.5 Å². The molecule has 1 aliphatic rings. The van der Waals surface area contributed by atoms with Gasteiger partial charge in [0, 0.05) is 48.2 Å². The number of hydrogen-bond donors (Lipinski definition) is 0. The molecular formula is C25H23ClN6S. The average Bonchev–Trinajstić information content (AvgIpc) is 3.51. The number of halogens is 1. The highest BCUT2D eigenvalue weighted by molar-refractivity contribution is 7.07. The number of aromatic nitrogens is 4. The predicted octanol–water partition coefficient (Wildman–Crippen LogP) is 5.37. The lowest BCUT2D eigenvalue weighted by Gasteiger charge is -2.40. The third kappa shape index (κ3) is 3.76. The Kier molecular flexibility index (Phi) is 5.25. The molecule has 5 aromatic rings. The quantitative estimate of drug-likeness (QED) is 0.350. The van der Waals surface area contributed by atoms with Gasteiger partial charge in [0.05, 0.1) is 5.52 Å². The molecule has 0 radical (unpaired) electrons. The number of fused-ring (bicyclic) bond motifs is 3. The molecule has 1 aliphatic heterocycles. The Morgan fingerprint density at radius 3 is 2.67 bits per heavy atom. The fraction of sp³-hybridized carbons (Fsp3) is 0.240.